The highest BCUT2D eigenvalue weighted by Gasteiger charge is 2.22. The molecule has 0 fully saturated rings. The van der Waals surface area contributed by atoms with E-state index in [1.807, 2.05) is 36.2 Å². The van der Waals surface area contributed by atoms with Crippen molar-refractivity contribution in [3.63, 3.8) is 0 Å². The van der Waals surface area contributed by atoms with Crippen molar-refractivity contribution in [2.24, 2.45) is 0 Å². The van der Waals surface area contributed by atoms with Gasteiger partial charge in [-0.05, 0) is 37.4 Å². The van der Waals surface area contributed by atoms with Gasteiger partial charge in [-0.1, -0.05) is 18.2 Å². The monoisotopic (exact) mass is 337 g/mol. The molecule has 0 bridgehead atoms. The largest absolute Gasteiger partial charge is 0.486 e. The standard InChI is InChI=1S/C19H19N3O3/c1-22(11-16-13-24-17-7-2-3-8-18(17)25-16)12-19(23)21-15-6-4-5-14(9-15)10-20/h2-9,16H,11-13H2,1H3,(H,21,23). The van der Waals surface area contributed by atoms with E-state index in [0.717, 1.165) is 11.5 Å². The van der Waals surface area contributed by atoms with E-state index < -0.39 is 0 Å². The lowest BCUT2D eigenvalue weighted by Crippen LogP contribution is -2.42. The van der Waals surface area contributed by atoms with E-state index in [9.17, 15) is 4.79 Å². The summed E-state index contributed by atoms with van der Waals surface area (Å²) in [7, 11) is 1.86. The van der Waals surface area contributed by atoms with E-state index in [-0.39, 0.29) is 18.6 Å². The molecule has 1 heterocycles. The van der Waals surface area contributed by atoms with Crippen LogP contribution in [0.25, 0.3) is 0 Å². The summed E-state index contributed by atoms with van der Waals surface area (Å²) in [5, 5.41) is 11.7. The zero-order valence-electron chi connectivity index (χ0n) is 13.9. The third-order valence-electron chi connectivity index (χ3n) is 3.77. The predicted octanol–water partition coefficient (Wildman–Crippen LogP) is 2.27. The lowest BCUT2D eigenvalue weighted by molar-refractivity contribution is -0.117. The van der Waals surface area contributed by atoms with Crippen LogP contribution in [0.4, 0.5) is 5.69 Å². The van der Waals surface area contributed by atoms with Crippen LogP contribution in [-0.4, -0.2) is 43.7 Å². The molecule has 2 aromatic rings. The molecule has 0 aliphatic carbocycles. The van der Waals surface area contributed by atoms with Crippen LogP contribution in [-0.2, 0) is 4.79 Å². The number of carbonyl (C=O) groups is 1. The summed E-state index contributed by atoms with van der Waals surface area (Å²) in [5.74, 6) is 1.33. The second kappa shape index (κ2) is 7.69. The molecule has 0 saturated carbocycles. The first-order valence-corrected chi connectivity index (χ1v) is 8.01. The predicted molar refractivity (Wildman–Crippen MR) is 93.6 cm³/mol. The van der Waals surface area contributed by atoms with Crippen LogP contribution >= 0.6 is 0 Å². The second-order valence-electron chi connectivity index (χ2n) is 5.94. The Morgan fingerprint density at radius 1 is 1.28 bits per heavy atom. The molecule has 1 amide bonds. The summed E-state index contributed by atoms with van der Waals surface area (Å²) < 4.78 is 11.6. The molecule has 1 unspecified atom stereocenters. The minimum atomic E-state index is -0.144. The third-order valence-corrected chi connectivity index (χ3v) is 3.77. The van der Waals surface area contributed by atoms with Crippen molar-refractivity contribution in [1.82, 2.24) is 4.90 Å². The molecule has 1 aliphatic rings. The number of carbonyl (C=O) groups excluding carboxylic acids is 1. The van der Waals surface area contributed by atoms with Gasteiger partial charge >= 0.3 is 0 Å². The maximum Gasteiger partial charge on any atom is 0.238 e. The molecule has 128 valence electrons. The Hall–Kier alpha value is -3.04. The number of hydrogen-bond acceptors (Lipinski definition) is 5. The normalized spacial score (nSPS) is 15.5. The SMILES string of the molecule is CN(CC(=O)Nc1cccc(C#N)c1)CC1COc2ccccc2O1. The lowest BCUT2D eigenvalue weighted by atomic mass is 10.2. The van der Waals surface area contributed by atoms with Gasteiger partial charge in [-0.25, -0.2) is 0 Å². The highest BCUT2D eigenvalue weighted by molar-refractivity contribution is 5.92. The molecule has 0 saturated heterocycles. The number of nitrogens with one attached hydrogen (secondary N) is 1. The van der Waals surface area contributed by atoms with Crippen LogP contribution in [0.15, 0.2) is 48.5 Å². The van der Waals surface area contributed by atoms with E-state index in [0.29, 0.717) is 24.4 Å². The third kappa shape index (κ3) is 4.49. The first-order chi connectivity index (χ1) is 12.1. The van der Waals surface area contributed by atoms with Crippen molar-refractivity contribution < 1.29 is 14.3 Å². The van der Waals surface area contributed by atoms with E-state index in [1.165, 1.54) is 0 Å². The minimum Gasteiger partial charge on any atom is -0.486 e. The average Bonchev–Trinajstić information content (AvgIpc) is 2.61. The fourth-order valence-electron chi connectivity index (χ4n) is 2.68. The Kier molecular flexibility index (Phi) is 5.17. The van der Waals surface area contributed by atoms with Gasteiger partial charge in [0.15, 0.2) is 11.5 Å². The number of ether oxygens (including phenoxy) is 2. The van der Waals surface area contributed by atoms with E-state index in [4.69, 9.17) is 14.7 Å². The fourth-order valence-corrected chi connectivity index (χ4v) is 2.68. The number of para-hydroxylation sites is 2. The first kappa shape index (κ1) is 16.8. The average molecular weight is 337 g/mol. The number of amides is 1. The Morgan fingerprint density at radius 2 is 2.08 bits per heavy atom. The van der Waals surface area contributed by atoms with Crippen molar-refractivity contribution in [2.45, 2.75) is 6.10 Å². The summed E-state index contributed by atoms with van der Waals surface area (Å²) in [6, 6.07) is 16.4. The number of fused-ring (bicyclic) bond motifs is 1. The van der Waals surface area contributed by atoms with E-state index >= 15 is 0 Å². The molecule has 6 nitrogen and oxygen atoms in total. The molecule has 6 heteroatoms. The number of likely N-dealkylation sites (N-methyl/N-ethyl adjacent to an activating group) is 1. The van der Waals surface area contributed by atoms with Crippen LogP contribution in [0.3, 0.4) is 0 Å². The second-order valence-corrected chi connectivity index (χ2v) is 5.94. The van der Waals surface area contributed by atoms with Crippen molar-refractivity contribution in [3.05, 3.63) is 54.1 Å². The molecule has 1 N–H and O–H groups in total. The van der Waals surface area contributed by atoms with Crippen LogP contribution in [0, 0.1) is 11.3 Å². The van der Waals surface area contributed by atoms with Gasteiger partial charge in [-0.15, -0.1) is 0 Å². The van der Waals surface area contributed by atoms with Gasteiger partial charge in [-0.3, -0.25) is 9.69 Å². The molecular formula is C19H19N3O3. The molecular weight excluding hydrogens is 318 g/mol. The number of nitriles is 1. The fraction of sp³-hybridized carbons (Fsp3) is 0.263. The quantitative estimate of drug-likeness (QED) is 0.906. The Labute approximate surface area is 146 Å². The summed E-state index contributed by atoms with van der Waals surface area (Å²) in [6.45, 7) is 1.24. The molecule has 1 aliphatic heterocycles. The van der Waals surface area contributed by atoms with Crippen molar-refractivity contribution >= 4 is 11.6 Å². The summed E-state index contributed by atoms with van der Waals surface area (Å²) >= 11 is 0. The van der Waals surface area contributed by atoms with Gasteiger partial charge in [0.05, 0.1) is 18.2 Å². The Morgan fingerprint density at radius 3 is 2.88 bits per heavy atom. The molecule has 0 spiro atoms. The highest BCUT2D eigenvalue weighted by Crippen LogP contribution is 2.30. The van der Waals surface area contributed by atoms with Crippen molar-refractivity contribution in [2.75, 3.05) is 32.1 Å². The minimum absolute atomic E-state index is 0.130. The molecule has 0 aromatic heterocycles. The van der Waals surface area contributed by atoms with Gasteiger partial charge < -0.3 is 14.8 Å². The molecule has 3 rings (SSSR count). The highest BCUT2D eigenvalue weighted by atomic mass is 16.6. The number of anilines is 1. The number of benzene rings is 2. The topological polar surface area (TPSA) is 74.6 Å². The number of nitrogens with zero attached hydrogens (tertiary/aromatic N) is 2. The van der Waals surface area contributed by atoms with Crippen LogP contribution < -0.4 is 14.8 Å². The lowest BCUT2D eigenvalue weighted by Gasteiger charge is -2.29. The van der Waals surface area contributed by atoms with Gasteiger partial charge in [-0.2, -0.15) is 5.26 Å². The van der Waals surface area contributed by atoms with Crippen molar-refractivity contribution in [3.8, 4) is 17.6 Å². The molecule has 1 atom stereocenters. The van der Waals surface area contributed by atoms with E-state index in [1.54, 1.807) is 24.3 Å². The molecule has 2 aromatic carbocycles. The smallest absolute Gasteiger partial charge is 0.238 e. The van der Waals surface area contributed by atoms with Gasteiger partial charge in [0.2, 0.25) is 5.91 Å². The first-order valence-electron chi connectivity index (χ1n) is 8.01. The maximum atomic E-state index is 12.2. The van der Waals surface area contributed by atoms with Gasteiger partial charge in [0, 0.05) is 12.2 Å². The zero-order chi connectivity index (χ0) is 17.6. The van der Waals surface area contributed by atoms with Gasteiger partial charge in [0.25, 0.3) is 0 Å². The summed E-state index contributed by atoms with van der Waals surface area (Å²) in [5.41, 5.74) is 1.13. The Balaban J connectivity index is 1.50. The number of hydrogen-bond donors (Lipinski definition) is 1. The Bertz CT molecular complexity index is 800. The van der Waals surface area contributed by atoms with Gasteiger partial charge in [0.1, 0.15) is 12.7 Å². The zero-order valence-corrected chi connectivity index (χ0v) is 13.9. The maximum absolute atomic E-state index is 12.2. The van der Waals surface area contributed by atoms with E-state index in [2.05, 4.69) is 11.4 Å². The summed E-state index contributed by atoms with van der Waals surface area (Å²) in [4.78, 5) is 14.0. The number of rotatable bonds is 5. The molecule has 0 radical (unpaired) electrons. The van der Waals surface area contributed by atoms with Crippen LogP contribution in [0.1, 0.15) is 5.56 Å². The van der Waals surface area contributed by atoms with Crippen LogP contribution in [0.5, 0.6) is 11.5 Å². The summed E-state index contributed by atoms with van der Waals surface area (Å²) in [6.07, 6.45) is -0.130. The molecule has 25 heavy (non-hydrogen) atoms. The van der Waals surface area contributed by atoms with Crippen molar-refractivity contribution in [1.29, 1.82) is 5.26 Å². The van der Waals surface area contributed by atoms with Crippen LogP contribution in [0.2, 0.25) is 0 Å².